The highest BCUT2D eigenvalue weighted by atomic mass is 28.4. The number of rotatable bonds is 4. The van der Waals surface area contributed by atoms with Crippen LogP contribution in [0.1, 0.15) is 27.2 Å². The lowest BCUT2D eigenvalue weighted by Crippen LogP contribution is -2.52. The van der Waals surface area contributed by atoms with Crippen molar-refractivity contribution in [3.05, 3.63) is 0 Å². The van der Waals surface area contributed by atoms with Gasteiger partial charge < -0.3 is 24.7 Å². The molecule has 0 radical (unpaired) electrons. The Hall–Kier alpha value is -0.633. The Labute approximate surface area is 121 Å². The molecule has 0 bridgehead atoms. The van der Waals surface area contributed by atoms with E-state index in [1.807, 2.05) is 0 Å². The smallest absolute Gasteiger partial charge is 0.404 e. The van der Waals surface area contributed by atoms with E-state index in [0.29, 0.717) is 13.0 Å². The first-order valence-corrected chi connectivity index (χ1v) is 9.87. The van der Waals surface area contributed by atoms with Crippen LogP contribution >= 0.6 is 0 Å². The summed E-state index contributed by atoms with van der Waals surface area (Å²) in [5.41, 5.74) is 0. The van der Waals surface area contributed by atoms with Gasteiger partial charge in [-0.3, -0.25) is 0 Å². The summed E-state index contributed by atoms with van der Waals surface area (Å²) in [6.07, 6.45) is -1.82. The molecule has 3 N–H and O–H groups in total. The third-order valence-electron chi connectivity index (χ3n) is 4.21. The fourth-order valence-corrected chi connectivity index (χ4v) is 2.82. The standard InChI is InChI=1S/C13H27NO5Si/c1-13(2,3)20(4,5)19-8-11-10(15)6-9(7-18-11)14-12(16)17/h9-11,14-15H,6-8H2,1-5H3,(H,16,17)/t9-,10?,11-/m1/s1. The number of amides is 1. The predicted molar refractivity (Wildman–Crippen MR) is 78.5 cm³/mol. The molecular formula is C13H27NO5Si. The van der Waals surface area contributed by atoms with Crippen molar-refractivity contribution in [2.45, 2.75) is 63.6 Å². The van der Waals surface area contributed by atoms with Crippen molar-refractivity contribution in [1.29, 1.82) is 0 Å². The summed E-state index contributed by atoms with van der Waals surface area (Å²) < 4.78 is 11.6. The van der Waals surface area contributed by atoms with Gasteiger partial charge in [0.15, 0.2) is 8.32 Å². The minimum Gasteiger partial charge on any atom is -0.465 e. The van der Waals surface area contributed by atoms with Gasteiger partial charge in [-0.15, -0.1) is 0 Å². The van der Waals surface area contributed by atoms with Crippen LogP contribution in [0.15, 0.2) is 0 Å². The summed E-state index contributed by atoms with van der Waals surface area (Å²) in [6, 6.07) is -0.355. The molecule has 0 aromatic heterocycles. The molecule has 1 rings (SSSR count). The Morgan fingerprint density at radius 1 is 1.45 bits per heavy atom. The van der Waals surface area contributed by atoms with Gasteiger partial charge in [0, 0.05) is 0 Å². The zero-order valence-electron chi connectivity index (χ0n) is 13.0. The van der Waals surface area contributed by atoms with Crippen molar-refractivity contribution in [1.82, 2.24) is 5.32 Å². The van der Waals surface area contributed by atoms with Crippen molar-refractivity contribution < 1.29 is 24.2 Å². The lowest BCUT2D eigenvalue weighted by molar-refractivity contribution is -0.102. The fraction of sp³-hybridized carbons (Fsp3) is 0.923. The van der Waals surface area contributed by atoms with Crippen LogP contribution in [-0.4, -0.2) is 56.1 Å². The highest BCUT2D eigenvalue weighted by Crippen LogP contribution is 2.36. The average molecular weight is 305 g/mol. The molecule has 0 aromatic rings. The van der Waals surface area contributed by atoms with Crippen LogP contribution in [-0.2, 0) is 9.16 Å². The van der Waals surface area contributed by atoms with Crippen LogP contribution < -0.4 is 5.32 Å². The SMILES string of the molecule is CC(C)(C)[Si](C)(C)OC[C@H]1OC[C@H](NC(=O)O)CC1O. The van der Waals surface area contributed by atoms with Crippen molar-refractivity contribution in [3.8, 4) is 0 Å². The topological polar surface area (TPSA) is 88.0 Å². The van der Waals surface area contributed by atoms with Gasteiger partial charge in [0.1, 0.15) is 6.10 Å². The first-order chi connectivity index (χ1) is 9.03. The van der Waals surface area contributed by atoms with Crippen molar-refractivity contribution in [2.24, 2.45) is 0 Å². The van der Waals surface area contributed by atoms with Gasteiger partial charge >= 0.3 is 6.09 Å². The molecule has 0 saturated carbocycles. The van der Waals surface area contributed by atoms with E-state index in [9.17, 15) is 9.90 Å². The number of carbonyl (C=O) groups is 1. The summed E-state index contributed by atoms with van der Waals surface area (Å²) >= 11 is 0. The molecule has 1 aliphatic heterocycles. The molecule has 1 fully saturated rings. The van der Waals surface area contributed by atoms with Crippen LogP contribution in [0.4, 0.5) is 4.79 Å². The molecule has 0 aromatic carbocycles. The van der Waals surface area contributed by atoms with Crippen LogP contribution in [0, 0.1) is 0 Å². The van der Waals surface area contributed by atoms with Gasteiger partial charge in [0.2, 0.25) is 0 Å². The zero-order valence-corrected chi connectivity index (χ0v) is 14.0. The van der Waals surface area contributed by atoms with Gasteiger partial charge in [-0.2, -0.15) is 0 Å². The Balaban J connectivity index is 2.46. The van der Waals surface area contributed by atoms with Gasteiger partial charge in [0.05, 0.1) is 25.4 Å². The van der Waals surface area contributed by atoms with E-state index in [2.05, 4.69) is 39.2 Å². The van der Waals surface area contributed by atoms with Crippen molar-refractivity contribution >= 4 is 14.4 Å². The van der Waals surface area contributed by atoms with Crippen molar-refractivity contribution in [2.75, 3.05) is 13.2 Å². The Kier molecular flexibility index (Phi) is 5.59. The molecule has 0 aliphatic carbocycles. The number of hydrogen-bond acceptors (Lipinski definition) is 4. The van der Waals surface area contributed by atoms with E-state index in [-0.39, 0.29) is 23.8 Å². The van der Waals surface area contributed by atoms with E-state index in [4.69, 9.17) is 14.3 Å². The molecule has 1 amide bonds. The van der Waals surface area contributed by atoms with Crippen molar-refractivity contribution in [3.63, 3.8) is 0 Å². The Morgan fingerprint density at radius 2 is 2.05 bits per heavy atom. The second-order valence-corrected chi connectivity index (χ2v) is 11.7. The number of hydrogen-bond donors (Lipinski definition) is 3. The molecule has 3 atom stereocenters. The average Bonchev–Trinajstić information content (AvgIpc) is 2.25. The quantitative estimate of drug-likeness (QED) is 0.689. The molecule has 0 spiro atoms. The maximum Gasteiger partial charge on any atom is 0.404 e. The van der Waals surface area contributed by atoms with Crippen LogP contribution in [0.25, 0.3) is 0 Å². The van der Waals surface area contributed by atoms with Gasteiger partial charge in [-0.1, -0.05) is 20.8 Å². The van der Waals surface area contributed by atoms with Crippen LogP contribution in [0.5, 0.6) is 0 Å². The van der Waals surface area contributed by atoms with Crippen LogP contribution in [0.3, 0.4) is 0 Å². The first-order valence-electron chi connectivity index (χ1n) is 6.96. The van der Waals surface area contributed by atoms with Gasteiger partial charge in [-0.25, -0.2) is 4.79 Å². The van der Waals surface area contributed by atoms with E-state index in [1.165, 1.54) is 0 Å². The van der Waals surface area contributed by atoms with Gasteiger partial charge in [-0.05, 0) is 24.6 Å². The lowest BCUT2D eigenvalue weighted by atomic mass is 10.0. The molecule has 118 valence electrons. The van der Waals surface area contributed by atoms with Gasteiger partial charge in [0.25, 0.3) is 0 Å². The number of nitrogens with one attached hydrogen (secondary N) is 1. The molecule has 1 heterocycles. The zero-order chi connectivity index (χ0) is 15.6. The molecule has 1 saturated heterocycles. The second-order valence-electron chi connectivity index (χ2n) is 6.89. The summed E-state index contributed by atoms with van der Waals surface area (Å²) in [6.45, 7) is 11.4. The monoisotopic (exact) mass is 305 g/mol. The minimum absolute atomic E-state index is 0.111. The summed E-state index contributed by atoms with van der Waals surface area (Å²) in [7, 11) is -1.86. The molecule has 1 unspecified atom stereocenters. The maximum atomic E-state index is 10.6. The van der Waals surface area contributed by atoms with E-state index >= 15 is 0 Å². The molecule has 7 heteroatoms. The first kappa shape index (κ1) is 17.4. The molecule has 6 nitrogen and oxygen atoms in total. The summed E-state index contributed by atoms with van der Waals surface area (Å²) in [4.78, 5) is 10.6. The van der Waals surface area contributed by atoms with E-state index < -0.39 is 20.5 Å². The Bertz CT molecular complexity index is 342. The number of carboxylic acid groups (broad SMARTS) is 1. The summed E-state index contributed by atoms with van der Waals surface area (Å²) in [5, 5.41) is 21.1. The third-order valence-corrected chi connectivity index (χ3v) is 8.71. The number of aliphatic hydroxyl groups is 1. The van der Waals surface area contributed by atoms with Crippen LogP contribution in [0.2, 0.25) is 18.1 Å². The Morgan fingerprint density at radius 3 is 2.50 bits per heavy atom. The third kappa shape index (κ3) is 4.73. The second kappa shape index (κ2) is 6.42. The lowest BCUT2D eigenvalue weighted by Gasteiger charge is -2.39. The fourth-order valence-electron chi connectivity index (χ4n) is 1.80. The van der Waals surface area contributed by atoms with E-state index in [0.717, 1.165) is 0 Å². The highest BCUT2D eigenvalue weighted by molar-refractivity contribution is 6.74. The number of ether oxygens (including phenoxy) is 1. The molecular weight excluding hydrogens is 278 g/mol. The maximum absolute atomic E-state index is 10.6. The molecule has 20 heavy (non-hydrogen) atoms. The molecule has 1 aliphatic rings. The normalized spacial score (nSPS) is 28.2. The number of aliphatic hydroxyl groups excluding tert-OH is 1. The predicted octanol–water partition coefficient (Wildman–Crippen LogP) is 1.79. The summed E-state index contributed by atoms with van der Waals surface area (Å²) in [5.74, 6) is 0. The largest absolute Gasteiger partial charge is 0.465 e. The minimum atomic E-state index is -1.86. The highest BCUT2D eigenvalue weighted by Gasteiger charge is 2.39. The van der Waals surface area contributed by atoms with E-state index in [1.54, 1.807) is 0 Å².